The topological polar surface area (TPSA) is 9.72 Å². The zero-order chi connectivity index (χ0) is 36.5. The van der Waals surface area contributed by atoms with Gasteiger partial charge in [-0.15, -0.1) is 11.3 Å². The van der Waals surface area contributed by atoms with Crippen LogP contribution in [-0.2, 0) is 5.41 Å². The summed E-state index contributed by atoms with van der Waals surface area (Å²) in [6, 6.07) is 59.1. The summed E-state index contributed by atoms with van der Waals surface area (Å²) in [5.74, 6) is 0. The first-order valence-electron chi connectivity index (χ1n) is 19.9. The molecule has 1 aromatic heterocycles. The van der Waals surface area contributed by atoms with Crippen molar-refractivity contribution in [3.05, 3.63) is 163 Å². The highest BCUT2D eigenvalue weighted by atomic mass is 32.1. The van der Waals surface area contributed by atoms with E-state index in [9.17, 15) is 0 Å². The predicted molar refractivity (Wildman–Crippen MR) is 236 cm³/mol. The van der Waals surface area contributed by atoms with Crippen LogP contribution < -0.4 is 31.1 Å². The van der Waals surface area contributed by atoms with Crippen molar-refractivity contribution >= 4 is 100 Å². The highest BCUT2D eigenvalue weighted by Crippen LogP contribution is 2.61. The Bertz CT molecular complexity index is 2810. The van der Waals surface area contributed by atoms with Gasteiger partial charge in [-0.3, -0.25) is 0 Å². The second-order valence-electron chi connectivity index (χ2n) is 16.4. The molecule has 1 fully saturated rings. The van der Waals surface area contributed by atoms with E-state index in [0.29, 0.717) is 0 Å². The number of hydrogen-bond acceptors (Lipinski definition) is 4. The first kappa shape index (κ1) is 31.6. The van der Waals surface area contributed by atoms with Crippen LogP contribution in [0.2, 0.25) is 0 Å². The van der Waals surface area contributed by atoms with E-state index < -0.39 is 0 Å². The lowest BCUT2D eigenvalue weighted by atomic mass is 9.33. The molecule has 0 N–H and O–H groups in total. The van der Waals surface area contributed by atoms with Crippen molar-refractivity contribution in [2.45, 2.75) is 50.5 Å². The third-order valence-corrected chi connectivity index (χ3v) is 15.0. The third kappa shape index (κ3) is 4.12. The fourth-order valence-corrected chi connectivity index (χ4v) is 12.3. The average Bonchev–Trinajstić information content (AvgIpc) is 3.71. The molecule has 264 valence electrons. The highest BCUT2D eigenvalue weighted by molar-refractivity contribution is 7.26. The Balaban J connectivity index is 1.17. The molecule has 55 heavy (non-hydrogen) atoms. The third-order valence-electron chi connectivity index (χ3n) is 13.8. The lowest BCUT2D eigenvalue weighted by molar-refractivity contribution is 0.195. The largest absolute Gasteiger partial charge is 0.335 e. The van der Waals surface area contributed by atoms with E-state index in [2.05, 4.69) is 186 Å². The zero-order valence-corrected chi connectivity index (χ0v) is 32.0. The summed E-state index contributed by atoms with van der Waals surface area (Å²) in [6.45, 7) is 5.25. The van der Waals surface area contributed by atoms with Gasteiger partial charge in [-0.1, -0.05) is 117 Å². The monoisotopic (exact) mass is 725 g/mol. The molecule has 7 aromatic carbocycles. The number of rotatable bonds is 4. The van der Waals surface area contributed by atoms with Crippen molar-refractivity contribution in [2.24, 2.45) is 0 Å². The van der Waals surface area contributed by atoms with Crippen LogP contribution in [-0.4, -0.2) is 12.3 Å². The van der Waals surface area contributed by atoms with E-state index in [0.717, 1.165) is 17.1 Å². The maximum absolute atomic E-state index is 2.82. The summed E-state index contributed by atoms with van der Waals surface area (Å²) >= 11 is 1.91. The summed E-state index contributed by atoms with van der Waals surface area (Å²) in [5.41, 5.74) is 15.9. The van der Waals surface area contributed by atoms with Crippen LogP contribution in [0.25, 0.3) is 20.2 Å². The zero-order valence-electron chi connectivity index (χ0n) is 31.2. The van der Waals surface area contributed by atoms with Crippen LogP contribution in [0.3, 0.4) is 0 Å². The lowest BCUT2D eigenvalue weighted by Gasteiger charge is -2.52. The molecule has 1 aliphatic carbocycles. The van der Waals surface area contributed by atoms with E-state index in [4.69, 9.17) is 0 Å². The van der Waals surface area contributed by atoms with Gasteiger partial charge in [-0.05, 0) is 102 Å². The normalized spacial score (nSPS) is 20.3. The quantitative estimate of drug-likeness (QED) is 0.167. The molecule has 4 aliphatic rings. The molecule has 12 rings (SSSR count). The minimum Gasteiger partial charge on any atom is -0.335 e. The van der Waals surface area contributed by atoms with Gasteiger partial charge in [0.05, 0.1) is 15.9 Å². The molecule has 4 heterocycles. The highest BCUT2D eigenvalue weighted by Gasteiger charge is 2.61. The maximum atomic E-state index is 2.82. The van der Waals surface area contributed by atoms with Crippen LogP contribution in [0.1, 0.15) is 45.1 Å². The van der Waals surface area contributed by atoms with Crippen LogP contribution in [0.4, 0.5) is 45.5 Å². The molecule has 1 saturated carbocycles. The number of para-hydroxylation sites is 3. The molecule has 2 unspecified atom stereocenters. The van der Waals surface area contributed by atoms with Crippen LogP contribution in [0.15, 0.2) is 158 Å². The Hall–Kier alpha value is -5.78. The van der Waals surface area contributed by atoms with E-state index in [1.165, 1.54) is 90.7 Å². The minimum absolute atomic E-state index is 0.0100. The maximum Gasteiger partial charge on any atom is 0.252 e. The molecule has 8 aromatic rings. The van der Waals surface area contributed by atoms with E-state index >= 15 is 0 Å². The molecular formula is C50H40BN3S. The Morgan fingerprint density at radius 3 is 2.05 bits per heavy atom. The molecule has 3 nitrogen and oxygen atoms in total. The van der Waals surface area contributed by atoms with Gasteiger partial charge in [0, 0.05) is 60.7 Å². The number of fused-ring (bicyclic) bond motifs is 10. The fourth-order valence-electron chi connectivity index (χ4n) is 11.1. The van der Waals surface area contributed by atoms with Crippen LogP contribution in [0.5, 0.6) is 0 Å². The Kier molecular flexibility index (Phi) is 6.53. The molecule has 0 saturated heterocycles. The van der Waals surface area contributed by atoms with Gasteiger partial charge in [0.2, 0.25) is 0 Å². The first-order valence-corrected chi connectivity index (χ1v) is 20.7. The number of benzene rings is 7. The van der Waals surface area contributed by atoms with Gasteiger partial charge in [-0.2, -0.15) is 0 Å². The average molecular weight is 726 g/mol. The van der Waals surface area contributed by atoms with Gasteiger partial charge >= 0.3 is 0 Å². The van der Waals surface area contributed by atoms with Crippen molar-refractivity contribution in [1.82, 2.24) is 0 Å². The standard InChI is InChI=1S/C50H40BN3S/c1-49-30-11-12-31-50(49,2)54-42-25-15-24-41-46(42)51(40-23-14-22-38(49)47(40)54)39-29-28-35(52(33-16-5-3-6-17-33)34-18-7-4-8-19-34)32-44(39)53(41)43-26-13-21-37-36-20-9-10-27-45(36)55-48(37)43/h3-10,13-29,32H,11-12,30-31H2,1-2H3. The lowest BCUT2D eigenvalue weighted by Crippen LogP contribution is -2.64. The summed E-state index contributed by atoms with van der Waals surface area (Å²) in [7, 11) is 0. The van der Waals surface area contributed by atoms with Crippen molar-refractivity contribution in [1.29, 1.82) is 0 Å². The van der Waals surface area contributed by atoms with Crippen molar-refractivity contribution in [2.75, 3.05) is 14.7 Å². The fraction of sp³-hybridized carbons (Fsp3) is 0.160. The SMILES string of the molecule is CC12CCCCC1(C)N1c3cccc4c3B(c3ccc(N(c5ccccc5)c5ccccc5)cc3N4c3cccc4c3sc3ccccc34)c3cccc2c31. The molecule has 2 atom stereocenters. The molecule has 0 spiro atoms. The Morgan fingerprint density at radius 2 is 1.24 bits per heavy atom. The minimum atomic E-state index is 0.0100. The van der Waals surface area contributed by atoms with Gasteiger partial charge < -0.3 is 14.7 Å². The number of thiophene rings is 1. The summed E-state index contributed by atoms with van der Waals surface area (Å²) in [6.07, 6.45) is 4.99. The first-order chi connectivity index (χ1) is 27.0. The van der Waals surface area contributed by atoms with Gasteiger partial charge in [0.1, 0.15) is 0 Å². The second kappa shape index (κ2) is 11.4. The molecule has 0 bridgehead atoms. The van der Waals surface area contributed by atoms with Crippen molar-refractivity contribution in [3.8, 4) is 0 Å². The van der Waals surface area contributed by atoms with Crippen molar-refractivity contribution in [3.63, 3.8) is 0 Å². The molecular weight excluding hydrogens is 685 g/mol. The Labute approximate surface area is 327 Å². The number of nitrogens with zero attached hydrogens (tertiary/aromatic N) is 3. The van der Waals surface area contributed by atoms with Crippen molar-refractivity contribution < 1.29 is 0 Å². The summed E-state index contributed by atoms with van der Waals surface area (Å²) in [4.78, 5) is 7.84. The van der Waals surface area contributed by atoms with Gasteiger partial charge in [0.25, 0.3) is 6.71 Å². The predicted octanol–water partition coefficient (Wildman–Crippen LogP) is 11.9. The number of hydrogen-bond donors (Lipinski definition) is 0. The molecule has 3 aliphatic heterocycles. The molecule has 0 radical (unpaired) electrons. The Morgan fingerprint density at radius 1 is 0.564 bits per heavy atom. The van der Waals surface area contributed by atoms with Crippen LogP contribution in [0, 0.1) is 0 Å². The van der Waals surface area contributed by atoms with Gasteiger partial charge in [0.15, 0.2) is 0 Å². The van der Waals surface area contributed by atoms with Gasteiger partial charge in [-0.25, -0.2) is 0 Å². The number of anilines is 8. The van der Waals surface area contributed by atoms with E-state index in [1.54, 1.807) is 5.56 Å². The van der Waals surface area contributed by atoms with Crippen LogP contribution >= 0.6 is 11.3 Å². The smallest absolute Gasteiger partial charge is 0.252 e. The summed E-state index contributed by atoms with van der Waals surface area (Å²) in [5, 5.41) is 2.64. The van der Waals surface area contributed by atoms with E-state index in [-0.39, 0.29) is 17.7 Å². The molecule has 5 heteroatoms. The van der Waals surface area contributed by atoms with E-state index in [1.807, 2.05) is 11.3 Å². The second-order valence-corrected chi connectivity index (χ2v) is 17.4. The molecule has 0 amide bonds. The summed E-state index contributed by atoms with van der Waals surface area (Å²) < 4.78 is 2.65.